The monoisotopic (exact) mass is 461 g/mol. The Morgan fingerprint density at radius 3 is 1.75 bits per heavy atom. The summed E-state index contributed by atoms with van der Waals surface area (Å²) in [6.07, 6.45) is -2.67. The summed E-state index contributed by atoms with van der Waals surface area (Å²) in [4.78, 5) is 70.1. The molecule has 0 aliphatic carbocycles. The van der Waals surface area contributed by atoms with Gasteiger partial charge in [0, 0.05) is 6.42 Å². The first-order valence-electron chi connectivity index (χ1n) is 9.75. The van der Waals surface area contributed by atoms with Crippen LogP contribution in [0.25, 0.3) is 0 Å². The van der Waals surface area contributed by atoms with Gasteiger partial charge in [-0.3, -0.25) is 24.0 Å². The fraction of sp³-hybridized carbons (Fsp3) is 0.667. The lowest BCUT2D eigenvalue weighted by Crippen LogP contribution is -2.60. The van der Waals surface area contributed by atoms with Gasteiger partial charge in [-0.2, -0.15) is 0 Å². The summed E-state index contributed by atoms with van der Waals surface area (Å²) in [5.74, 6) is -6.95. The van der Waals surface area contributed by atoms with Gasteiger partial charge < -0.3 is 42.7 Å². The van der Waals surface area contributed by atoms with Crippen molar-refractivity contribution in [1.82, 2.24) is 16.0 Å². The summed E-state index contributed by atoms with van der Waals surface area (Å²) in [5.41, 5.74) is 10.6. The Balaban J connectivity index is 5.33. The van der Waals surface area contributed by atoms with Gasteiger partial charge >= 0.3 is 11.9 Å². The number of carbonyl (C=O) groups excluding carboxylic acids is 4. The number of aliphatic carboxylic acids is 2. The smallest absolute Gasteiger partial charge is 0.326 e. The SMILES string of the molecule is CC(C)C(NC(=O)C(NC(=O)C(N)CCC(=O)O)C(C)O)C(=O)NC(CC(N)=O)C(=O)O. The van der Waals surface area contributed by atoms with Crippen LogP contribution in [0.2, 0.25) is 0 Å². The number of aliphatic hydroxyl groups excluding tert-OH is 1. The molecular formula is C18H31N5O9. The molecule has 182 valence electrons. The molecule has 5 atom stereocenters. The average molecular weight is 461 g/mol. The van der Waals surface area contributed by atoms with E-state index in [-0.39, 0.29) is 12.8 Å². The van der Waals surface area contributed by atoms with E-state index in [2.05, 4.69) is 16.0 Å². The fourth-order valence-corrected chi connectivity index (χ4v) is 2.52. The number of amides is 4. The quantitative estimate of drug-likeness (QED) is 0.127. The van der Waals surface area contributed by atoms with E-state index in [0.29, 0.717) is 0 Å². The molecule has 0 aromatic rings. The molecule has 4 amide bonds. The Morgan fingerprint density at radius 1 is 0.844 bits per heavy atom. The van der Waals surface area contributed by atoms with Gasteiger partial charge in [0.15, 0.2) is 0 Å². The predicted octanol–water partition coefficient (Wildman–Crippen LogP) is -3.37. The summed E-state index contributed by atoms with van der Waals surface area (Å²) in [6, 6.07) is -5.68. The minimum Gasteiger partial charge on any atom is -0.481 e. The number of nitrogens with two attached hydrogens (primary N) is 2. The summed E-state index contributed by atoms with van der Waals surface area (Å²) in [5, 5.41) is 34.3. The first-order chi connectivity index (χ1) is 14.7. The van der Waals surface area contributed by atoms with Crippen molar-refractivity contribution < 1.29 is 44.1 Å². The molecule has 14 heteroatoms. The van der Waals surface area contributed by atoms with Crippen LogP contribution in [0.4, 0.5) is 0 Å². The number of carboxylic acids is 2. The Morgan fingerprint density at radius 2 is 1.34 bits per heavy atom. The number of carboxylic acid groups (broad SMARTS) is 2. The Labute approximate surface area is 184 Å². The van der Waals surface area contributed by atoms with Gasteiger partial charge in [0.2, 0.25) is 23.6 Å². The second-order valence-corrected chi connectivity index (χ2v) is 7.57. The van der Waals surface area contributed by atoms with Gasteiger partial charge in [-0.1, -0.05) is 13.8 Å². The predicted molar refractivity (Wildman–Crippen MR) is 109 cm³/mol. The van der Waals surface area contributed by atoms with Gasteiger partial charge in [-0.15, -0.1) is 0 Å². The second-order valence-electron chi connectivity index (χ2n) is 7.57. The number of primary amides is 1. The van der Waals surface area contributed by atoms with Gasteiger partial charge in [0.25, 0.3) is 0 Å². The molecule has 0 rings (SSSR count). The first kappa shape index (κ1) is 28.7. The summed E-state index contributed by atoms with van der Waals surface area (Å²) < 4.78 is 0. The van der Waals surface area contributed by atoms with E-state index in [1.165, 1.54) is 6.92 Å². The molecule has 14 nitrogen and oxygen atoms in total. The Kier molecular flexibility index (Phi) is 11.9. The van der Waals surface area contributed by atoms with Gasteiger partial charge in [-0.25, -0.2) is 4.79 Å². The molecule has 0 aromatic heterocycles. The van der Waals surface area contributed by atoms with Gasteiger partial charge in [0.1, 0.15) is 18.1 Å². The van der Waals surface area contributed by atoms with Crippen LogP contribution in [0.1, 0.15) is 40.0 Å². The van der Waals surface area contributed by atoms with Gasteiger partial charge in [0.05, 0.1) is 18.6 Å². The lowest BCUT2D eigenvalue weighted by Gasteiger charge is -2.28. The second kappa shape index (κ2) is 13.2. The third-order valence-corrected chi connectivity index (χ3v) is 4.34. The van der Waals surface area contributed by atoms with Crippen LogP contribution in [0.15, 0.2) is 0 Å². The van der Waals surface area contributed by atoms with E-state index in [1.807, 2.05) is 0 Å². The van der Waals surface area contributed by atoms with E-state index in [4.69, 9.17) is 21.7 Å². The van der Waals surface area contributed by atoms with E-state index >= 15 is 0 Å². The minimum absolute atomic E-state index is 0.206. The third kappa shape index (κ3) is 10.2. The van der Waals surface area contributed by atoms with E-state index in [9.17, 15) is 33.9 Å². The molecule has 0 aromatic carbocycles. The van der Waals surface area contributed by atoms with Crippen molar-refractivity contribution in [2.45, 2.75) is 70.3 Å². The highest BCUT2D eigenvalue weighted by Gasteiger charge is 2.34. The maximum absolute atomic E-state index is 12.6. The molecule has 0 spiro atoms. The summed E-state index contributed by atoms with van der Waals surface area (Å²) in [6.45, 7) is 4.30. The van der Waals surface area contributed by atoms with Crippen LogP contribution < -0.4 is 27.4 Å². The van der Waals surface area contributed by atoms with Crippen LogP contribution in [0.5, 0.6) is 0 Å². The zero-order chi connectivity index (χ0) is 25.2. The number of hydrogen-bond donors (Lipinski definition) is 8. The number of aliphatic hydroxyl groups is 1. The highest BCUT2D eigenvalue weighted by molar-refractivity contribution is 5.95. The van der Waals surface area contributed by atoms with Crippen LogP contribution in [0.3, 0.4) is 0 Å². The normalized spacial score (nSPS) is 15.6. The highest BCUT2D eigenvalue weighted by Crippen LogP contribution is 2.06. The van der Waals surface area contributed by atoms with Crippen molar-refractivity contribution in [3.63, 3.8) is 0 Å². The van der Waals surface area contributed by atoms with E-state index < -0.39 is 78.2 Å². The largest absolute Gasteiger partial charge is 0.481 e. The van der Waals surface area contributed by atoms with Crippen molar-refractivity contribution in [3.8, 4) is 0 Å². The molecular weight excluding hydrogens is 430 g/mol. The van der Waals surface area contributed by atoms with Crippen LogP contribution in [-0.4, -0.2) is 81.2 Å². The maximum atomic E-state index is 12.6. The standard InChI is InChI=1S/C18H31N5O9/c1-7(2)13(16(29)21-10(18(31)32)6-11(20)25)22-17(30)14(8(3)24)23-15(28)9(19)4-5-12(26)27/h7-10,13-14,24H,4-6,19H2,1-3H3,(H2,20,25)(H,21,29)(H,22,30)(H,23,28)(H,26,27)(H,31,32). The Bertz CT molecular complexity index is 726. The molecule has 0 aliphatic heterocycles. The highest BCUT2D eigenvalue weighted by atomic mass is 16.4. The molecule has 5 unspecified atom stereocenters. The lowest BCUT2D eigenvalue weighted by molar-refractivity contribution is -0.144. The van der Waals surface area contributed by atoms with Crippen molar-refractivity contribution in [2.75, 3.05) is 0 Å². The van der Waals surface area contributed by atoms with Crippen molar-refractivity contribution in [1.29, 1.82) is 0 Å². The number of hydrogen-bond acceptors (Lipinski definition) is 8. The zero-order valence-electron chi connectivity index (χ0n) is 18.0. The van der Waals surface area contributed by atoms with Crippen LogP contribution in [-0.2, 0) is 28.8 Å². The maximum Gasteiger partial charge on any atom is 0.326 e. The zero-order valence-corrected chi connectivity index (χ0v) is 18.0. The Hall–Kier alpha value is -3.26. The van der Waals surface area contributed by atoms with Crippen molar-refractivity contribution in [2.24, 2.45) is 17.4 Å². The fourth-order valence-electron chi connectivity index (χ4n) is 2.52. The summed E-state index contributed by atoms with van der Waals surface area (Å²) >= 11 is 0. The van der Waals surface area contributed by atoms with E-state index in [0.717, 1.165) is 0 Å². The molecule has 0 aliphatic rings. The molecule has 32 heavy (non-hydrogen) atoms. The molecule has 0 saturated heterocycles. The van der Waals surface area contributed by atoms with Crippen molar-refractivity contribution in [3.05, 3.63) is 0 Å². The lowest BCUT2D eigenvalue weighted by atomic mass is 10.0. The molecule has 0 radical (unpaired) electrons. The summed E-state index contributed by atoms with van der Waals surface area (Å²) in [7, 11) is 0. The third-order valence-electron chi connectivity index (χ3n) is 4.34. The molecule has 0 fully saturated rings. The molecule has 10 N–H and O–H groups in total. The minimum atomic E-state index is -1.61. The van der Waals surface area contributed by atoms with E-state index in [1.54, 1.807) is 13.8 Å². The van der Waals surface area contributed by atoms with Gasteiger partial charge in [-0.05, 0) is 19.3 Å². The average Bonchev–Trinajstić information content (AvgIpc) is 2.66. The first-order valence-corrected chi connectivity index (χ1v) is 9.75. The number of nitrogens with one attached hydrogen (secondary N) is 3. The number of carbonyl (C=O) groups is 6. The van der Waals surface area contributed by atoms with Crippen LogP contribution in [0, 0.1) is 5.92 Å². The number of rotatable bonds is 14. The van der Waals surface area contributed by atoms with Crippen molar-refractivity contribution >= 4 is 35.6 Å². The van der Waals surface area contributed by atoms with Crippen LogP contribution >= 0.6 is 0 Å². The molecule has 0 saturated carbocycles. The molecule has 0 bridgehead atoms. The molecule has 0 heterocycles. The topological polar surface area (TPSA) is 251 Å².